The van der Waals surface area contributed by atoms with Crippen LogP contribution in [0.3, 0.4) is 0 Å². The number of nitrogens with one attached hydrogen (secondary N) is 1. The van der Waals surface area contributed by atoms with Gasteiger partial charge in [-0.1, -0.05) is 0 Å². The van der Waals surface area contributed by atoms with Crippen molar-refractivity contribution in [3.05, 3.63) is 0 Å². The van der Waals surface area contributed by atoms with Gasteiger partial charge in [-0.25, -0.2) is 0 Å². The zero-order valence-corrected chi connectivity index (χ0v) is 12.1. The normalized spacial score (nSPS) is 26.9. The summed E-state index contributed by atoms with van der Waals surface area (Å²) in [6.07, 6.45) is 13.4. The maximum Gasteiger partial charge on any atom is 0.0713 e. The fourth-order valence-electron chi connectivity index (χ4n) is 2.95. The minimum Gasteiger partial charge on any atom is -0.375 e. The highest BCUT2D eigenvalue weighted by Crippen LogP contribution is 2.37. The first-order chi connectivity index (χ1) is 8.85. The minimum absolute atomic E-state index is 0.208. The monoisotopic (exact) mass is 267 g/mol. The van der Waals surface area contributed by atoms with Gasteiger partial charge in [0.25, 0.3) is 0 Å². The molecule has 2 heterocycles. The predicted molar refractivity (Wildman–Crippen MR) is 79.0 cm³/mol. The van der Waals surface area contributed by atoms with Crippen LogP contribution in [0, 0.1) is 12.3 Å². The molecule has 0 aliphatic carbocycles. The first-order valence-electron chi connectivity index (χ1n) is 7.23. The summed E-state index contributed by atoms with van der Waals surface area (Å²) in [6, 6.07) is 0.660. The van der Waals surface area contributed by atoms with Crippen LogP contribution < -0.4 is 5.32 Å². The van der Waals surface area contributed by atoms with Gasteiger partial charge >= 0.3 is 0 Å². The minimum atomic E-state index is 0.208. The van der Waals surface area contributed by atoms with E-state index in [9.17, 15) is 0 Å². The fourth-order valence-corrected chi connectivity index (χ4v) is 4.19. The summed E-state index contributed by atoms with van der Waals surface area (Å²) in [4.78, 5) is 0. The van der Waals surface area contributed by atoms with E-state index in [1.54, 1.807) is 0 Å². The van der Waals surface area contributed by atoms with E-state index >= 15 is 0 Å². The quantitative estimate of drug-likeness (QED) is 0.611. The summed E-state index contributed by atoms with van der Waals surface area (Å²) >= 11 is 2.07. The van der Waals surface area contributed by atoms with Gasteiger partial charge in [0.05, 0.1) is 5.60 Å². The molecular weight excluding hydrogens is 242 g/mol. The maximum atomic E-state index is 6.10. The van der Waals surface area contributed by atoms with Gasteiger partial charge in [-0.15, -0.1) is 12.3 Å². The van der Waals surface area contributed by atoms with Gasteiger partial charge in [0.15, 0.2) is 0 Å². The third-order valence-corrected chi connectivity index (χ3v) is 5.06. The average Bonchev–Trinajstić information content (AvgIpc) is 2.40. The van der Waals surface area contributed by atoms with Crippen LogP contribution in [-0.2, 0) is 4.74 Å². The first kappa shape index (κ1) is 14.2. The highest BCUT2D eigenvalue weighted by atomic mass is 32.2. The number of thioether (sulfide) groups is 1. The fraction of sp³-hybridized carbons (Fsp3) is 0.867. The van der Waals surface area contributed by atoms with Gasteiger partial charge in [-0.2, -0.15) is 11.8 Å². The zero-order valence-electron chi connectivity index (χ0n) is 11.2. The highest BCUT2D eigenvalue weighted by molar-refractivity contribution is 7.99. The molecule has 1 N–H and O–H groups in total. The highest BCUT2D eigenvalue weighted by Gasteiger charge is 2.38. The number of rotatable bonds is 5. The van der Waals surface area contributed by atoms with Gasteiger partial charge in [0.2, 0.25) is 0 Å². The van der Waals surface area contributed by atoms with Gasteiger partial charge < -0.3 is 10.1 Å². The standard InChI is InChI=1S/C15H25NOS/c1-2-3-4-5-9-16-14-6-10-17-15(13-14)7-11-18-12-8-15/h1,14,16H,3-13H2. The molecule has 0 aromatic carbocycles. The van der Waals surface area contributed by atoms with E-state index < -0.39 is 0 Å². The van der Waals surface area contributed by atoms with E-state index in [1.807, 2.05) is 0 Å². The second-order valence-corrected chi connectivity index (χ2v) is 6.67. The Morgan fingerprint density at radius 3 is 2.94 bits per heavy atom. The Bertz CT molecular complexity index is 275. The second-order valence-electron chi connectivity index (χ2n) is 5.45. The van der Waals surface area contributed by atoms with Crippen molar-refractivity contribution < 1.29 is 4.74 Å². The molecule has 3 heteroatoms. The Labute approximate surface area is 116 Å². The Morgan fingerprint density at radius 1 is 1.33 bits per heavy atom. The Kier molecular flexibility index (Phi) is 5.88. The molecule has 2 fully saturated rings. The Morgan fingerprint density at radius 2 is 2.17 bits per heavy atom. The SMILES string of the molecule is C#CCCCCNC1CCOC2(CCSCC2)C1. The maximum absolute atomic E-state index is 6.10. The number of terminal acetylenes is 1. The predicted octanol–water partition coefficient (Wildman–Crippen LogP) is 2.82. The van der Waals surface area contributed by atoms with Crippen LogP contribution in [0.15, 0.2) is 0 Å². The molecule has 2 aliphatic rings. The van der Waals surface area contributed by atoms with Gasteiger partial charge in [-0.3, -0.25) is 0 Å². The number of hydrogen-bond acceptors (Lipinski definition) is 3. The van der Waals surface area contributed by atoms with Crippen LogP contribution in [0.2, 0.25) is 0 Å². The summed E-state index contributed by atoms with van der Waals surface area (Å²) in [6.45, 7) is 2.05. The lowest BCUT2D eigenvalue weighted by Gasteiger charge is -2.43. The van der Waals surface area contributed by atoms with Crippen molar-refractivity contribution in [1.29, 1.82) is 0 Å². The van der Waals surface area contributed by atoms with Gasteiger partial charge in [0, 0.05) is 19.1 Å². The molecule has 0 aromatic rings. The van der Waals surface area contributed by atoms with E-state index in [0.29, 0.717) is 6.04 Å². The molecule has 0 aromatic heterocycles. The molecule has 2 rings (SSSR count). The lowest BCUT2D eigenvalue weighted by Crippen LogP contribution is -2.49. The lowest BCUT2D eigenvalue weighted by atomic mass is 9.85. The van der Waals surface area contributed by atoms with Crippen LogP contribution in [-0.4, -0.2) is 36.3 Å². The molecule has 0 saturated carbocycles. The van der Waals surface area contributed by atoms with Crippen molar-refractivity contribution in [2.75, 3.05) is 24.7 Å². The smallest absolute Gasteiger partial charge is 0.0713 e. The van der Waals surface area contributed by atoms with Gasteiger partial charge in [0.1, 0.15) is 0 Å². The van der Waals surface area contributed by atoms with Crippen LogP contribution in [0.1, 0.15) is 44.9 Å². The number of ether oxygens (including phenoxy) is 1. The molecule has 0 amide bonds. The van der Waals surface area contributed by atoms with E-state index in [0.717, 1.165) is 26.0 Å². The molecule has 1 atom stereocenters. The third-order valence-electron chi connectivity index (χ3n) is 4.08. The van der Waals surface area contributed by atoms with Crippen LogP contribution in [0.4, 0.5) is 0 Å². The molecule has 102 valence electrons. The van der Waals surface area contributed by atoms with Gasteiger partial charge in [-0.05, 0) is 56.6 Å². The molecular formula is C15H25NOS. The van der Waals surface area contributed by atoms with E-state index in [2.05, 4.69) is 23.0 Å². The van der Waals surface area contributed by atoms with Crippen molar-refractivity contribution in [3.63, 3.8) is 0 Å². The molecule has 1 unspecified atom stereocenters. The van der Waals surface area contributed by atoms with E-state index in [-0.39, 0.29) is 5.60 Å². The van der Waals surface area contributed by atoms with Crippen molar-refractivity contribution in [3.8, 4) is 12.3 Å². The third kappa shape index (κ3) is 4.19. The zero-order chi connectivity index (χ0) is 12.7. The first-order valence-corrected chi connectivity index (χ1v) is 8.39. The van der Waals surface area contributed by atoms with Crippen LogP contribution in [0.25, 0.3) is 0 Å². The summed E-state index contributed by atoms with van der Waals surface area (Å²) in [5.41, 5.74) is 0.208. The molecule has 2 nitrogen and oxygen atoms in total. The molecule has 2 saturated heterocycles. The number of unbranched alkanes of at least 4 members (excludes halogenated alkanes) is 2. The van der Waals surface area contributed by atoms with Crippen molar-refractivity contribution in [2.24, 2.45) is 0 Å². The van der Waals surface area contributed by atoms with E-state index in [1.165, 1.54) is 43.6 Å². The van der Waals surface area contributed by atoms with Crippen molar-refractivity contribution in [1.82, 2.24) is 5.32 Å². The molecule has 18 heavy (non-hydrogen) atoms. The summed E-state index contributed by atoms with van der Waals surface area (Å²) in [5.74, 6) is 5.25. The van der Waals surface area contributed by atoms with Crippen molar-refractivity contribution >= 4 is 11.8 Å². The molecule has 2 aliphatic heterocycles. The van der Waals surface area contributed by atoms with Crippen LogP contribution >= 0.6 is 11.8 Å². The molecule has 0 bridgehead atoms. The summed E-state index contributed by atoms with van der Waals surface area (Å²) in [5, 5.41) is 3.70. The van der Waals surface area contributed by atoms with Crippen molar-refractivity contribution in [2.45, 2.75) is 56.6 Å². The largest absolute Gasteiger partial charge is 0.375 e. The summed E-state index contributed by atoms with van der Waals surface area (Å²) in [7, 11) is 0. The summed E-state index contributed by atoms with van der Waals surface area (Å²) < 4.78 is 6.10. The second kappa shape index (κ2) is 7.43. The molecule has 0 radical (unpaired) electrons. The molecule has 1 spiro atoms. The Hall–Kier alpha value is -0.170. The number of hydrogen-bond donors (Lipinski definition) is 1. The average molecular weight is 267 g/mol. The van der Waals surface area contributed by atoms with Crippen LogP contribution in [0.5, 0.6) is 0 Å². The topological polar surface area (TPSA) is 21.3 Å². The lowest BCUT2D eigenvalue weighted by molar-refractivity contribution is -0.0930. The Balaban J connectivity index is 1.68. The van der Waals surface area contributed by atoms with E-state index in [4.69, 9.17) is 11.2 Å².